The Morgan fingerprint density at radius 1 is 0.972 bits per heavy atom. The van der Waals surface area contributed by atoms with Gasteiger partial charge in [-0.25, -0.2) is 8.42 Å². The number of nitrogens with zero attached hydrogens (tertiary/aromatic N) is 2. The Bertz CT molecular complexity index is 1240. The van der Waals surface area contributed by atoms with Crippen molar-refractivity contribution in [1.82, 2.24) is 4.90 Å². The zero-order chi connectivity index (χ0) is 25.5. The van der Waals surface area contributed by atoms with Crippen LogP contribution >= 0.6 is 11.6 Å². The van der Waals surface area contributed by atoms with Crippen molar-refractivity contribution >= 4 is 33.2 Å². The van der Waals surface area contributed by atoms with Crippen molar-refractivity contribution in [3.05, 3.63) is 89.4 Å². The van der Waals surface area contributed by atoms with Crippen LogP contribution in [0.2, 0.25) is 5.02 Å². The first-order valence-corrected chi connectivity index (χ1v) is 14.0. The van der Waals surface area contributed by atoms with E-state index in [-0.39, 0.29) is 17.3 Å². The molecule has 1 saturated heterocycles. The third-order valence-electron chi connectivity index (χ3n) is 6.45. The number of carbonyl (C=O) groups excluding carboxylic acids is 1. The molecule has 1 aliphatic heterocycles. The maximum absolute atomic E-state index is 13.6. The van der Waals surface area contributed by atoms with E-state index in [0.717, 1.165) is 19.3 Å². The number of likely N-dealkylation sites (tertiary alicyclic amines) is 1. The van der Waals surface area contributed by atoms with Crippen LogP contribution in [-0.4, -0.2) is 45.5 Å². The van der Waals surface area contributed by atoms with Crippen molar-refractivity contribution < 1.29 is 17.9 Å². The third kappa shape index (κ3) is 6.39. The van der Waals surface area contributed by atoms with Crippen molar-refractivity contribution in [2.24, 2.45) is 5.92 Å². The number of rotatable bonds is 9. The second-order valence-corrected chi connectivity index (χ2v) is 11.2. The second kappa shape index (κ2) is 11.8. The molecule has 0 aromatic heterocycles. The number of ether oxygens (including phenoxy) is 1. The summed E-state index contributed by atoms with van der Waals surface area (Å²) in [4.78, 5) is 15.2. The van der Waals surface area contributed by atoms with Gasteiger partial charge in [-0.3, -0.25) is 9.10 Å². The summed E-state index contributed by atoms with van der Waals surface area (Å²) in [5.41, 5.74) is 1.71. The fourth-order valence-electron chi connectivity index (χ4n) is 4.48. The van der Waals surface area contributed by atoms with Crippen molar-refractivity contribution in [3.63, 3.8) is 0 Å². The van der Waals surface area contributed by atoms with Gasteiger partial charge >= 0.3 is 0 Å². The first-order valence-electron chi connectivity index (χ1n) is 12.2. The Morgan fingerprint density at radius 2 is 1.61 bits per heavy atom. The van der Waals surface area contributed by atoms with E-state index >= 15 is 0 Å². The third-order valence-corrected chi connectivity index (χ3v) is 8.49. The van der Waals surface area contributed by atoms with Crippen LogP contribution < -0.4 is 9.04 Å². The van der Waals surface area contributed by atoms with Gasteiger partial charge in [0.15, 0.2) is 0 Å². The fraction of sp³-hybridized carbons (Fsp3) is 0.321. The van der Waals surface area contributed by atoms with Gasteiger partial charge in [0.1, 0.15) is 12.3 Å². The molecule has 3 aromatic carbocycles. The molecule has 0 bridgehead atoms. The smallest absolute Gasteiger partial charge is 0.264 e. The lowest BCUT2D eigenvalue weighted by Gasteiger charge is -2.34. The standard InChI is InChI=1S/C28H31ClN2O4S/c1-2-35-26-12-10-25(11-13-26)31(36(33,34)27-14-8-24(29)9-15-27)21-28(32)30-18-16-23(17-19-30)20-22-6-4-3-5-7-22/h3-15,23H,2,16-21H2,1H3. The normalized spacial score (nSPS) is 14.4. The first kappa shape index (κ1) is 26.0. The summed E-state index contributed by atoms with van der Waals surface area (Å²) in [6, 6.07) is 23.1. The second-order valence-electron chi connectivity index (χ2n) is 8.91. The first-order chi connectivity index (χ1) is 17.4. The Kier molecular flexibility index (Phi) is 8.54. The summed E-state index contributed by atoms with van der Waals surface area (Å²) >= 11 is 5.97. The summed E-state index contributed by atoms with van der Waals surface area (Å²) in [6.45, 7) is 3.35. The van der Waals surface area contributed by atoms with E-state index in [1.165, 1.54) is 34.1 Å². The van der Waals surface area contributed by atoms with Gasteiger partial charge in [-0.15, -0.1) is 0 Å². The van der Waals surface area contributed by atoms with E-state index < -0.39 is 10.0 Å². The highest BCUT2D eigenvalue weighted by molar-refractivity contribution is 7.92. The molecular formula is C28H31ClN2O4S. The molecular weight excluding hydrogens is 496 g/mol. The SMILES string of the molecule is CCOc1ccc(N(CC(=O)N2CCC(Cc3ccccc3)CC2)S(=O)(=O)c2ccc(Cl)cc2)cc1. The predicted octanol–water partition coefficient (Wildman–Crippen LogP) is 5.42. The summed E-state index contributed by atoms with van der Waals surface area (Å²) in [6.07, 6.45) is 2.79. The largest absolute Gasteiger partial charge is 0.494 e. The number of amides is 1. The summed E-state index contributed by atoms with van der Waals surface area (Å²) in [5, 5.41) is 0.441. The minimum Gasteiger partial charge on any atom is -0.494 e. The van der Waals surface area contributed by atoms with Crippen LogP contribution in [-0.2, 0) is 21.2 Å². The molecule has 0 spiro atoms. The molecule has 1 aliphatic rings. The lowest BCUT2D eigenvalue weighted by atomic mass is 9.90. The number of benzene rings is 3. The molecule has 0 unspecified atom stereocenters. The Labute approximate surface area is 218 Å². The van der Waals surface area contributed by atoms with Crippen LogP contribution in [0.4, 0.5) is 5.69 Å². The van der Waals surface area contributed by atoms with Crippen LogP contribution in [0.15, 0.2) is 83.8 Å². The number of anilines is 1. The predicted molar refractivity (Wildman–Crippen MR) is 143 cm³/mol. The number of piperidine rings is 1. The maximum Gasteiger partial charge on any atom is 0.264 e. The van der Waals surface area contributed by atoms with E-state index in [2.05, 4.69) is 12.1 Å². The Balaban J connectivity index is 1.50. The number of hydrogen-bond donors (Lipinski definition) is 0. The van der Waals surface area contributed by atoms with Crippen molar-refractivity contribution in [3.8, 4) is 5.75 Å². The van der Waals surface area contributed by atoms with Crippen LogP contribution in [0, 0.1) is 5.92 Å². The molecule has 3 aromatic rings. The number of carbonyl (C=O) groups is 1. The average Bonchev–Trinajstić information content (AvgIpc) is 2.89. The van der Waals surface area contributed by atoms with Crippen LogP contribution in [0.3, 0.4) is 0 Å². The van der Waals surface area contributed by atoms with Gasteiger partial charge in [0.05, 0.1) is 17.2 Å². The van der Waals surface area contributed by atoms with Gasteiger partial charge in [0.2, 0.25) is 5.91 Å². The van der Waals surface area contributed by atoms with E-state index in [1.54, 1.807) is 29.2 Å². The molecule has 190 valence electrons. The molecule has 1 fully saturated rings. The highest BCUT2D eigenvalue weighted by Crippen LogP contribution is 2.28. The lowest BCUT2D eigenvalue weighted by molar-refractivity contribution is -0.130. The monoisotopic (exact) mass is 526 g/mol. The van der Waals surface area contributed by atoms with E-state index in [1.807, 2.05) is 25.1 Å². The van der Waals surface area contributed by atoms with Gasteiger partial charge < -0.3 is 9.64 Å². The number of hydrogen-bond acceptors (Lipinski definition) is 4. The van der Waals surface area contributed by atoms with E-state index in [4.69, 9.17) is 16.3 Å². The maximum atomic E-state index is 13.6. The zero-order valence-corrected chi connectivity index (χ0v) is 21.9. The van der Waals surface area contributed by atoms with Crippen molar-refractivity contribution in [2.75, 3.05) is 30.5 Å². The molecule has 36 heavy (non-hydrogen) atoms. The fourth-order valence-corrected chi connectivity index (χ4v) is 6.02. The molecule has 6 nitrogen and oxygen atoms in total. The molecule has 0 N–H and O–H groups in total. The molecule has 0 saturated carbocycles. The van der Waals surface area contributed by atoms with Crippen LogP contribution in [0.1, 0.15) is 25.3 Å². The van der Waals surface area contributed by atoms with Gasteiger partial charge in [-0.1, -0.05) is 41.9 Å². The molecule has 0 aliphatic carbocycles. The zero-order valence-electron chi connectivity index (χ0n) is 20.3. The Hall–Kier alpha value is -3.03. The number of halogens is 1. The molecule has 8 heteroatoms. The lowest BCUT2D eigenvalue weighted by Crippen LogP contribution is -2.46. The highest BCUT2D eigenvalue weighted by atomic mass is 35.5. The van der Waals surface area contributed by atoms with Gasteiger partial charge in [-0.05, 0) is 86.2 Å². The molecule has 1 amide bonds. The Morgan fingerprint density at radius 3 is 2.22 bits per heavy atom. The molecule has 1 heterocycles. The van der Waals surface area contributed by atoms with Gasteiger partial charge in [0.25, 0.3) is 10.0 Å². The minimum absolute atomic E-state index is 0.0788. The summed E-state index contributed by atoms with van der Waals surface area (Å²) in [7, 11) is -3.99. The molecule has 4 rings (SSSR count). The quantitative estimate of drug-likeness (QED) is 0.373. The summed E-state index contributed by atoms with van der Waals surface area (Å²) in [5.74, 6) is 0.938. The van der Waals surface area contributed by atoms with E-state index in [9.17, 15) is 13.2 Å². The van der Waals surface area contributed by atoms with Crippen LogP contribution in [0.5, 0.6) is 5.75 Å². The van der Waals surface area contributed by atoms with Gasteiger partial charge in [0, 0.05) is 18.1 Å². The minimum atomic E-state index is -3.99. The van der Waals surface area contributed by atoms with Crippen LogP contribution in [0.25, 0.3) is 0 Å². The van der Waals surface area contributed by atoms with Crippen molar-refractivity contribution in [2.45, 2.75) is 31.1 Å². The average molecular weight is 527 g/mol. The molecule has 0 radical (unpaired) electrons. The van der Waals surface area contributed by atoms with E-state index in [0.29, 0.717) is 42.1 Å². The highest BCUT2D eigenvalue weighted by Gasteiger charge is 2.30. The van der Waals surface area contributed by atoms with Crippen molar-refractivity contribution in [1.29, 1.82) is 0 Å². The topological polar surface area (TPSA) is 66.9 Å². The molecule has 0 atom stereocenters. The number of sulfonamides is 1. The summed E-state index contributed by atoms with van der Waals surface area (Å²) < 4.78 is 33.9. The van der Waals surface area contributed by atoms with Gasteiger partial charge in [-0.2, -0.15) is 0 Å².